The molecule has 0 atom stereocenters. The van der Waals surface area contributed by atoms with E-state index in [1.807, 2.05) is 0 Å². The van der Waals surface area contributed by atoms with Crippen LogP contribution in [0.2, 0.25) is 0 Å². The van der Waals surface area contributed by atoms with Gasteiger partial charge in [0.1, 0.15) is 10.6 Å². The Kier molecular flexibility index (Phi) is 5.08. The number of rotatable bonds is 8. The molecular formula is C14H23N3O3S. The lowest BCUT2D eigenvalue weighted by molar-refractivity contribution is 0.282. The van der Waals surface area contributed by atoms with Crippen LogP contribution in [0.25, 0.3) is 0 Å². The fourth-order valence-corrected chi connectivity index (χ4v) is 3.52. The van der Waals surface area contributed by atoms with Gasteiger partial charge in [0.2, 0.25) is 10.0 Å². The van der Waals surface area contributed by atoms with Crippen LogP contribution in [0, 0.1) is 0 Å². The molecule has 6 nitrogen and oxygen atoms in total. The second-order valence-corrected chi connectivity index (χ2v) is 6.90. The lowest BCUT2D eigenvalue weighted by Gasteiger charge is -2.20. The van der Waals surface area contributed by atoms with E-state index in [9.17, 15) is 8.42 Å². The Labute approximate surface area is 126 Å². The minimum absolute atomic E-state index is 0.119. The molecule has 1 fully saturated rings. The van der Waals surface area contributed by atoms with Crippen molar-refractivity contribution in [3.8, 4) is 5.75 Å². The highest BCUT2D eigenvalue weighted by molar-refractivity contribution is 7.89. The summed E-state index contributed by atoms with van der Waals surface area (Å²) in [6.07, 6.45) is 2.43. The molecule has 1 aromatic rings. The average Bonchev–Trinajstić information content (AvgIpc) is 3.27. The van der Waals surface area contributed by atoms with Crippen LogP contribution in [0.15, 0.2) is 23.1 Å². The standard InChI is InChI=1S/C14H23N3O3S/c1-3-17(12-5-6-12)9-8-16-21(18,19)14-7-4-11(15)10-13(14)20-2/h4,7,10,12,16H,3,5-6,8-9,15H2,1-2H3. The molecule has 21 heavy (non-hydrogen) atoms. The first-order valence-corrected chi connectivity index (χ1v) is 8.63. The smallest absolute Gasteiger partial charge is 0.244 e. The van der Waals surface area contributed by atoms with E-state index in [0.717, 1.165) is 13.1 Å². The monoisotopic (exact) mass is 313 g/mol. The van der Waals surface area contributed by atoms with E-state index >= 15 is 0 Å². The Hall–Kier alpha value is -1.31. The largest absolute Gasteiger partial charge is 0.495 e. The van der Waals surface area contributed by atoms with Crippen LogP contribution in [0.3, 0.4) is 0 Å². The Morgan fingerprint density at radius 3 is 2.71 bits per heavy atom. The van der Waals surface area contributed by atoms with Gasteiger partial charge in [-0.3, -0.25) is 4.90 Å². The normalized spacial score (nSPS) is 15.4. The molecule has 0 bridgehead atoms. The summed E-state index contributed by atoms with van der Waals surface area (Å²) in [5, 5.41) is 0. The maximum atomic E-state index is 12.3. The van der Waals surface area contributed by atoms with Crippen molar-refractivity contribution in [1.29, 1.82) is 0 Å². The number of nitrogen functional groups attached to an aromatic ring is 1. The van der Waals surface area contributed by atoms with Crippen LogP contribution in [0.5, 0.6) is 5.75 Å². The average molecular weight is 313 g/mol. The third kappa shape index (κ3) is 4.09. The summed E-state index contributed by atoms with van der Waals surface area (Å²) in [4.78, 5) is 2.41. The van der Waals surface area contributed by atoms with Crippen LogP contribution >= 0.6 is 0 Å². The minimum atomic E-state index is -3.59. The lowest BCUT2D eigenvalue weighted by Crippen LogP contribution is -2.36. The Balaban J connectivity index is 2.01. The van der Waals surface area contributed by atoms with E-state index in [2.05, 4.69) is 16.5 Å². The van der Waals surface area contributed by atoms with Gasteiger partial charge in [-0.05, 0) is 31.5 Å². The van der Waals surface area contributed by atoms with Gasteiger partial charge in [0, 0.05) is 30.9 Å². The van der Waals surface area contributed by atoms with E-state index in [1.54, 1.807) is 6.07 Å². The second-order valence-electron chi connectivity index (χ2n) is 5.17. The summed E-state index contributed by atoms with van der Waals surface area (Å²) in [5.41, 5.74) is 6.11. The first-order valence-electron chi connectivity index (χ1n) is 7.15. The van der Waals surface area contributed by atoms with E-state index in [-0.39, 0.29) is 10.6 Å². The SMILES string of the molecule is CCN(CCNS(=O)(=O)c1ccc(N)cc1OC)C1CC1. The second kappa shape index (κ2) is 6.64. The van der Waals surface area contributed by atoms with Gasteiger partial charge >= 0.3 is 0 Å². The zero-order valence-corrected chi connectivity index (χ0v) is 13.3. The summed E-state index contributed by atoms with van der Waals surface area (Å²) >= 11 is 0. The molecule has 2 rings (SSSR count). The number of methoxy groups -OCH3 is 1. The van der Waals surface area contributed by atoms with Crippen LogP contribution in [-0.4, -0.2) is 46.1 Å². The summed E-state index contributed by atoms with van der Waals surface area (Å²) in [6.45, 7) is 4.14. The summed E-state index contributed by atoms with van der Waals surface area (Å²) in [5.74, 6) is 0.261. The molecule has 1 aliphatic rings. The molecule has 0 saturated heterocycles. The van der Waals surface area contributed by atoms with Gasteiger partial charge < -0.3 is 10.5 Å². The molecule has 7 heteroatoms. The van der Waals surface area contributed by atoms with Crippen molar-refractivity contribution in [3.63, 3.8) is 0 Å². The number of likely N-dealkylation sites (N-methyl/N-ethyl adjacent to an activating group) is 1. The number of hydrogen-bond donors (Lipinski definition) is 2. The highest BCUT2D eigenvalue weighted by Gasteiger charge is 2.27. The van der Waals surface area contributed by atoms with Crippen molar-refractivity contribution in [2.75, 3.05) is 32.5 Å². The van der Waals surface area contributed by atoms with Gasteiger partial charge in [-0.15, -0.1) is 0 Å². The molecule has 118 valence electrons. The lowest BCUT2D eigenvalue weighted by atomic mass is 10.3. The maximum Gasteiger partial charge on any atom is 0.244 e. The van der Waals surface area contributed by atoms with Gasteiger partial charge in [-0.2, -0.15) is 0 Å². The minimum Gasteiger partial charge on any atom is -0.495 e. The zero-order valence-electron chi connectivity index (χ0n) is 12.5. The molecule has 1 saturated carbocycles. The Bertz CT molecular complexity index is 585. The molecule has 0 spiro atoms. The van der Waals surface area contributed by atoms with Crippen LogP contribution in [0.4, 0.5) is 5.69 Å². The van der Waals surface area contributed by atoms with Gasteiger partial charge in [-0.25, -0.2) is 13.1 Å². The third-order valence-electron chi connectivity index (χ3n) is 3.64. The number of benzene rings is 1. The number of anilines is 1. The van der Waals surface area contributed by atoms with Gasteiger partial charge in [0.15, 0.2) is 0 Å². The van der Waals surface area contributed by atoms with E-state index in [4.69, 9.17) is 10.5 Å². The molecule has 1 aliphatic carbocycles. The number of ether oxygens (including phenoxy) is 1. The highest BCUT2D eigenvalue weighted by Crippen LogP contribution is 2.27. The molecular weight excluding hydrogens is 290 g/mol. The maximum absolute atomic E-state index is 12.3. The topological polar surface area (TPSA) is 84.7 Å². The number of nitrogens with two attached hydrogens (primary N) is 1. The predicted molar refractivity (Wildman–Crippen MR) is 82.9 cm³/mol. The zero-order chi connectivity index (χ0) is 15.5. The molecule has 0 heterocycles. The van der Waals surface area contributed by atoms with Gasteiger partial charge in [-0.1, -0.05) is 6.92 Å². The van der Waals surface area contributed by atoms with Crippen molar-refractivity contribution in [3.05, 3.63) is 18.2 Å². The molecule has 0 unspecified atom stereocenters. The van der Waals surface area contributed by atoms with Gasteiger partial charge in [0.05, 0.1) is 7.11 Å². The van der Waals surface area contributed by atoms with Crippen LogP contribution in [0.1, 0.15) is 19.8 Å². The molecule has 0 amide bonds. The summed E-state index contributed by atoms with van der Waals surface area (Å²) < 4.78 is 32.4. The highest BCUT2D eigenvalue weighted by atomic mass is 32.2. The van der Waals surface area contributed by atoms with Crippen LogP contribution in [-0.2, 0) is 10.0 Å². The number of sulfonamides is 1. The molecule has 1 aromatic carbocycles. The quantitative estimate of drug-likeness (QED) is 0.701. The fourth-order valence-electron chi connectivity index (χ4n) is 2.35. The number of nitrogens with one attached hydrogen (secondary N) is 1. The Morgan fingerprint density at radius 1 is 1.43 bits per heavy atom. The van der Waals surface area contributed by atoms with Gasteiger partial charge in [0.25, 0.3) is 0 Å². The van der Waals surface area contributed by atoms with Crippen molar-refractivity contribution in [2.45, 2.75) is 30.7 Å². The molecule has 3 N–H and O–H groups in total. The molecule has 0 aromatic heterocycles. The van der Waals surface area contributed by atoms with E-state index in [1.165, 1.54) is 32.1 Å². The third-order valence-corrected chi connectivity index (χ3v) is 5.14. The van der Waals surface area contributed by atoms with Crippen molar-refractivity contribution >= 4 is 15.7 Å². The van der Waals surface area contributed by atoms with E-state index in [0.29, 0.717) is 18.3 Å². The van der Waals surface area contributed by atoms with Crippen LogP contribution < -0.4 is 15.2 Å². The molecule has 0 aliphatic heterocycles. The first-order chi connectivity index (χ1) is 9.97. The molecule has 0 radical (unpaired) electrons. The van der Waals surface area contributed by atoms with E-state index < -0.39 is 10.0 Å². The number of nitrogens with zero attached hydrogens (tertiary/aromatic N) is 1. The van der Waals surface area contributed by atoms with Crippen molar-refractivity contribution in [1.82, 2.24) is 9.62 Å². The van der Waals surface area contributed by atoms with Crippen molar-refractivity contribution < 1.29 is 13.2 Å². The first kappa shape index (κ1) is 16.1. The van der Waals surface area contributed by atoms with Crippen molar-refractivity contribution in [2.24, 2.45) is 0 Å². The number of hydrogen-bond acceptors (Lipinski definition) is 5. The Morgan fingerprint density at radius 2 is 2.14 bits per heavy atom. The fraction of sp³-hybridized carbons (Fsp3) is 0.571. The summed E-state index contributed by atoms with van der Waals surface area (Å²) in [7, 11) is -2.16. The predicted octanol–water partition coefficient (Wildman–Crippen LogP) is 1.04. The summed E-state index contributed by atoms with van der Waals surface area (Å²) in [6, 6.07) is 5.16.